The molecule has 3 atom stereocenters. The van der Waals surface area contributed by atoms with Crippen LogP contribution in [0.1, 0.15) is 59.8 Å². The molecular formula is C24H27NO4. The summed E-state index contributed by atoms with van der Waals surface area (Å²) in [6.07, 6.45) is -0.809. The minimum Gasteiger partial charge on any atom is -0.392 e. The number of β-amino-alcohol motifs (C(OH)–C–C–N with tert-alkyl or cyclic N) is 1. The van der Waals surface area contributed by atoms with Crippen LogP contribution in [0.3, 0.4) is 0 Å². The maximum Gasteiger partial charge on any atom is 0.291 e. The first-order valence-electron chi connectivity index (χ1n) is 9.94. The fourth-order valence-corrected chi connectivity index (χ4v) is 3.84. The van der Waals surface area contributed by atoms with E-state index in [1.165, 1.54) is 4.90 Å². The van der Waals surface area contributed by atoms with Gasteiger partial charge in [-0.1, -0.05) is 67.9 Å². The average Bonchev–Trinajstić information content (AvgIpc) is 2.92. The molecule has 1 fully saturated rings. The highest BCUT2D eigenvalue weighted by atomic mass is 16.3. The standard InChI is InChI=1S/C24H27NO4/c1-14(2)18-6-5-7-19(12-18)21-20(22(27)17-10-8-15(3)9-11-17)23(28)24(29)25(21)13-16(4)26/h5-12,14,16,20-21,26H,13H2,1-4H3. The van der Waals surface area contributed by atoms with Gasteiger partial charge in [-0.15, -0.1) is 0 Å². The lowest BCUT2D eigenvalue weighted by molar-refractivity contribution is -0.141. The number of aryl methyl sites for hydroxylation is 1. The van der Waals surface area contributed by atoms with Crippen molar-refractivity contribution in [2.24, 2.45) is 5.92 Å². The van der Waals surface area contributed by atoms with E-state index >= 15 is 0 Å². The van der Waals surface area contributed by atoms with Crippen LogP contribution in [0.25, 0.3) is 0 Å². The summed E-state index contributed by atoms with van der Waals surface area (Å²) in [7, 11) is 0. The first kappa shape index (κ1) is 20.9. The number of ketones is 2. The predicted molar refractivity (Wildman–Crippen MR) is 111 cm³/mol. The molecule has 1 aliphatic rings. The van der Waals surface area contributed by atoms with E-state index in [2.05, 4.69) is 13.8 Å². The minimum atomic E-state index is -1.12. The summed E-state index contributed by atoms with van der Waals surface area (Å²) in [4.78, 5) is 40.3. The monoisotopic (exact) mass is 393 g/mol. The van der Waals surface area contributed by atoms with Gasteiger partial charge in [0, 0.05) is 12.1 Å². The Morgan fingerprint density at radius 3 is 2.31 bits per heavy atom. The lowest BCUT2D eigenvalue weighted by Crippen LogP contribution is -2.36. The fourth-order valence-electron chi connectivity index (χ4n) is 3.84. The van der Waals surface area contributed by atoms with Crippen molar-refractivity contribution < 1.29 is 19.5 Å². The third kappa shape index (κ3) is 4.15. The zero-order chi connectivity index (χ0) is 21.3. The molecule has 29 heavy (non-hydrogen) atoms. The van der Waals surface area contributed by atoms with Crippen LogP contribution in [0.4, 0.5) is 0 Å². The summed E-state index contributed by atoms with van der Waals surface area (Å²) < 4.78 is 0. The molecule has 0 aromatic heterocycles. The predicted octanol–water partition coefficient (Wildman–Crippen LogP) is 3.45. The van der Waals surface area contributed by atoms with Gasteiger partial charge in [0.25, 0.3) is 5.91 Å². The molecule has 152 valence electrons. The summed E-state index contributed by atoms with van der Waals surface area (Å²) in [5, 5.41) is 9.91. The molecule has 0 aliphatic carbocycles. The second kappa shape index (κ2) is 8.29. The third-order valence-corrected chi connectivity index (χ3v) is 5.40. The molecule has 3 rings (SSSR count). The Morgan fingerprint density at radius 2 is 1.72 bits per heavy atom. The molecule has 5 nitrogen and oxygen atoms in total. The zero-order valence-corrected chi connectivity index (χ0v) is 17.3. The second-order valence-electron chi connectivity index (χ2n) is 8.15. The van der Waals surface area contributed by atoms with Crippen molar-refractivity contribution in [3.8, 4) is 0 Å². The van der Waals surface area contributed by atoms with E-state index in [-0.39, 0.29) is 18.2 Å². The van der Waals surface area contributed by atoms with Gasteiger partial charge >= 0.3 is 0 Å². The van der Waals surface area contributed by atoms with E-state index in [0.717, 1.165) is 16.7 Å². The van der Waals surface area contributed by atoms with E-state index in [4.69, 9.17) is 0 Å². The summed E-state index contributed by atoms with van der Waals surface area (Å²) in [6.45, 7) is 7.61. The molecule has 1 N–H and O–H groups in total. The van der Waals surface area contributed by atoms with Gasteiger partial charge in [-0.05, 0) is 30.9 Å². The van der Waals surface area contributed by atoms with Gasteiger partial charge in [0.05, 0.1) is 12.1 Å². The normalized spacial score (nSPS) is 20.4. The zero-order valence-electron chi connectivity index (χ0n) is 17.3. The van der Waals surface area contributed by atoms with E-state index in [1.54, 1.807) is 19.1 Å². The van der Waals surface area contributed by atoms with Crippen LogP contribution in [0.5, 0.6) is 0 Å². The maximum atomic E-state index is 13.3. The lowest BCUT2D eigenvalue weighted by Gasteiger charge is -2.28. The number of hydrogen-bond donors (Lipinski definition) is 1. The molecule has 3 unspecified atom stereocenters. The average molecular weight is 393 g/mol. The highest BCUT2D eigenvalue weighted by Crippen LogP contribution is 2.39. The van der Waals surface area contributed by atoms with Gasteiger partial charge in [-0.25, -0.2) is 0 Å². The van der Waals surface area contributed by atoms with Crippen LogP contribution in [0, 0.1) is 12.8 Å². The first-order chi connectivity index (χ1) is 13.7. The molecule has 2 aromatic rings. The number of benzene rings is 2. The van der Waals surface area contributed by atoms with Crippen LogP contribution in [0.2, 0.25) is 0 Å². The number of carbonyl (C=O) groups is 3. The smallest absolute Gasteiger partial charge is 0.291 e. The molecular weight excluding hydrogens is 366 g/mol. The molecule has 1 aliphatic heterocycles. The number of nitrogens with zero attached hydrogens (tertiary/aromatic N) is 1. The second-order valence-corrected chi connectivity index (χ2v) is 8.15. The van der Waals surface area contributed by atoms with E-state index in [9.17, 15) is 19.5 Å². The van der Waals surface area contributed by atoms with Crippen molar-refractivity contribution in [1.82, 2.24) is 4.90 Å². The van der Waals surface area contributed by atoms with Gasteiger partial charge in [0.2, 0.25) is 5.78 Å². The van der Waals surface area contributed by atoms with Gasteiger partial charge in [0.1, 0.15) is 5.92 Å². The molecule has 0 saturated carbocycles. The van der Waals surface area contributed by atoms with Crippen LogP contribution >= 0.6 is 0 Å². The van der Waals surface area contributed by atoms with Crippen LogP contribution in [0.15, 0.2) is 48.5 Å². The molecule has 0 bridgehead atoms. The molecule has 1 amide bonds. The van der Waals surface area contributed by atoms with Gasteiger partial charge < -0.3 is 10.0 Å². The maximum absolute atomic E-state index is 13.3. The number of aliphatic hydroxyl groups is 1. The number of rotatable bonds is 6. The van der Waals surface area contributed by atoms with Crippen molar-refractivity contribution >= 4 is 17.5 Å². The van der Waals surface area contributed by atoms with Crippen molar-refractivity contribution in [2.75, 3.05) is 6.54 Å². The van der Waals surface area contributed by atoms with E-state index < -0.39 is 29.8 Å². The Labute approximate surface area is 171 Å². The number of Topliss-reactive ketones (excluding diaryl/α,β-unsaturated/α-hetero) is 2. The largest absolute Gasteiger partial charge is 0.392 e. The lowest BCUT2D eigenvalue weighted by atomic mass is 9.85. The SMILES string of the molecule is Cc1ccc(C(=O)C2C(=O)C(=O)N(CC(C)O)C2c2cccc(C(C)C)c2)cc1. The first-order valence-corrected chi connectivity index (χ1v) is 9.94. The summed E-state index contributed by atoms with van der Waals surface area (Å²) in [5.41, 5.74) is 3.22. The third-order valence-electron chi connectivity index (χ3n) is 5.40. The van der Waals surface area contributed by atoms with E-state index in [1.807, 2.05) is 43.3 Å². The Bertz CT molecular complexity index is 930. The summed E-state index contributed by atoms with van der Waals surface area (Å²) >= 11 is 0. The van der Waals surface area contributed by atoms with E-state index in [0.29, 0.717) is 5.56 Å². The number of aliphatic hydroxyl groups excluding tert-OH is 1. The van der Waals surface area contributed by atoms with Crippen LogP contribution < -0.4 is 0 Å². The fraction of sp³-hybridized carbons (Fsp3) is 0.375. The Morgan fingerprint density at radius 1 is 1.07 bits per heavy atom. The van der Waals surface area contributed by atoms with Crippen LogP contribution in [-0.2, 0) is 9.59 Å². The van der Waals surface area contributed by atoms with Crippen molar-refractivity contribution in [1.29, 1.82) is 0 Å². The highest BCUT2D eigenvalue weighted by Gasteiger charge is 2.51. The summed E-state index contributed by atoms with van der Waals surface area (Å²) in [6, 6.07) is 13.9. The van der Waals surface area contributed by atoms with Crippen molar-refractivity contribution in [3.05, 3.63) is 70.8 Å². The molecule has 5 heteroatoms. The topological polar surface area (TPSA) is 74.7 Å². The molecule has 2 aromatic carbocycles. The minimum absolute atomic E-state index is 0.00117. The number of carbonyl (C=O) groups excluding carboxylic acids is 3. The van der Waals surface area contributed by atoms with Gasteiger partial charge in [0.15, 0.2) is 5.78 Å². The molecule has 1 heterocycles. The number of amides is 1. The Kier molecular flexibility index (Phi) is 5.99. The Balaban J connectivity index is 2.09. The molecule has 1 saturated heterocycles. The summed E-state index contributed by atoms with van der Waals surface area (Å²) in [5.74, 6) is -2.64. The Hall–Kier alpha value is -2.79. The quantitative estimate of drug-likeness (QED) is 0.463. The van der Waals surface area contributed by atoms with Crippen molar-refractivity contribution in [3.63, 3.8) is 0 Å². The molecule has 0 radical (unpaired) electrons. The molecule has 0 spiro atoms. The van der Waals surface area contributed by atoms with Crippen LogP contribution in [-0.4, -0.2) is 40.1 Å². The van der Waals surface area contributed by atoms with Crippen molar-refractivity contribution in [2.45, 2.75) is 45.8 Å². The number of hydrogen-bond acceptors (Lipinski definition) is 4. The van der Waals surface area contributed by atoms with Gasteiger partial charge in [-0.2, -0.15) is 0 Å². The van der Waals surface area contributed by atoms with Gasteiger partial charge in [-0.3, -0.25) is 14.4 Å². The number of likely N-dealkylation sites (tertiary alicyclic amines) is 1. The highest BCUT2D eigenvalue weighted by molar-refractivity contribution is 6.44.